The third-order valence-corrected chi connectivity index (χ3v) is 3.25. The molecule has 3 N–H and O–H groups in total. The summed E-state index contributed by atoms with van der Waals surface area (Å²) in [7, 11) is 1.30. The highest BCUT2D eigenvalue weighted by Gasteiger charge is 2.20. The standard InChI is InChI=1S/C10H8BrClN2O2/c1-16-10(15)7-6-4(11)2-3-5(12)8(6)14-9(7)13/h2-3,14H,13H2,1H3. The van der Waals surface area contributed by atoms with Crippen molar-refractivity contribution in [3.05, 3.63) is 27.2 Å². The van der Waals surface area contributed by atoms with Gasteiger partial charge in [0.25, 0.3) is 0 Å². The van der Waals surface area contributed by atoms with E-state index >= 15 is 0 Å². The Balaban J connectivity index is 2.88. The fourth-order valence-corrected chi connectivity index (χ4v) is 2.30. The second kappa shape index (κ2) is 3.99. The Kier molecular flexibility index (Phi) is 2.82. The lowest BCUT2D eigenvalue weighted by atomic mass is 10.1. The van der Waals surface area contributed by atoms with Crippen molar-refractivity contribution in [2.45, 2.75) is 0 Å². The fraction of sp³-hybridized carbons (Fsp3) is 0.100. The van der Waals surface area contributed by atoms with Crippen LogP contribution in [0.3, 0.4) is 0 Å². The number of anilines is 1. The smallest absolute Gasteiger partial charge is 0.342 e. The number of nitrogens with two attached hydrogens (primary N) is 1. The number of halogens is 2. The minimum absolute atomic E-state index is 0.246. The molecule has 84 valence electrons. The number of hydrogen-bond acceptors (Lipinski definition) is 3. The van der Waals surface area contributed by atoms with Gasteiger partial charge >= 0.3 is 5.97 Å². The number of aromatic amines is 1. The van der Waals surface area contributed by atoms with Gasteiger partial charge in [-0.15, -0.1) is 0 Å². The Morgan fingerprint density at radius 1 is 1.56 bits per heavy atom. The van der Waals surface area contributed by atoms with Crippen LogP contribution in [0.1, 0.15) is 10.4 Å². The molecule has 0 saturated carbocycles. The number of aromatic nitrogens is 1. The molecule has 1 heterocycles. The topological polar surface area (TPSA) is 68.1 Å². The van der Waals surface area contributed by atoms with Gasteiger partial charge in [-0.3, -0.25) is 0 Å². The number of carbonyl (C=O) groups is 1. The molecule has 0 amide bonds. The molecule has 0 bridgehead atoms. The molecule has 16 heavy (non-hydrogen) atoms. The molecular weight excluding hydrogens is 295 g/mol. The van der Waals surface area contributed by atoms with E-state index in [0.717, 1.165) is 4.47 Å². The van der Waals surface area contributed by atoms with Crippen molar-refractivity contribution in [2.75, 3.05) is 12.8 Å². The van der Waals surface area contributed by atoms with Crippen LogP contribution < -0.4 is 5.73 Å². The van der Waals surface area contributed by atoms with Gasteiger partial charge in [-0.05, 0) is 12.1 Å². The number of hydrogen-bond donors (Lipinski definition) is 2. The maximum atomic E-state index is 11.6. The SMILES string of the molecule is COC(=O)c1c(N)[nH]c2c(Cl)ccc(Br)c12. The molecule has 0 fully saturated rings. The maximum Gasteiger partial charge on any atom is 0.342 e. The Morgan fingerprint density at radius 3 is 2.88 bits per heavy atom. The summed E-state index contributed by atoms with van der Waals surface area (Å²) in [5.74, 6) is -0.248. The van der Waals surface area contributed by atoms with Crippen LogP contribution in [0.15, 0.2) is 16.6 Å². The van der Waals surface area contributed by atoms with Crippen molar-refractivity contribution < 1.29 is 9.53 Å². The zero-order valence-corrected chi connectivity index (χ0v) is 10.6. The first kappa shape index (κ1) is 11.3. The lowest BCUT2D eigenvalue weighted by molar-refractivity contribution is 0.0604. The molecule has 6 heteroatoms. The van der Waals surface area contributed by atoms with E-state index in [2.05, 4.69) is 25.7 Å². The number of carbonyl (C=O) groups excluding carboxylic acids is 1. The summed E-state index contributed by atoms with van der Waals surface area (Å²) < 4.78 is 5.41. The average Bonchev–Trinajstić information content (AvgIpc) is 2.61. The highest BCUT2D eigenvalue weighted by molar-refractivity contribution is 9.10. The van der Waals surface area contributed by atoms with Crippen molar-refractivity contribution in [3.63, 3.8) is 0 Å². The molecule has 0 aliphatic rings. The lowest BCUT2D eigenvalue weighted by Gasteiger charge is -2.00. The van der Waals surface area contributed by atoms with Crippen molar-refractivity contribution in [1.29, 1.82) is 0 Å². The molecule has 0 atom stereocenters. The molecule has 2 aromatic rings. The third kappa shape index (κ3) is 1.56. The van der Waals surface area contributed by atoms with Gasteiger partial charge in [0.2, 0.25) is 0 Å². The summed E-state index contributed by atoms with van der Waals surface area (Å²) in [5.41, 5.74) is 6.65. The van der Waals surface area contributed by atoms with Crippen molar-refractivity contribution in [2.24, 2.45) is 0 Å². The summed E-state index contributed by atoms with van der Waals surface area (Å²) in [4.78, 5) is 14.5. The Labute approximate surface area is 105 Å². The maximum absolute atomic E-state index is 11.6. The number of ether oxygens (including phenoxy) is 1. The van der Waals surface area contributed by atoms with Crippen molar-refractivity contribution in [1.82, 2.24) is 4.98 Å². The Bertz CT molecular complexity index is 580. The predicted molar refractivity (Wildman–Crippen MR) is 66.8 cm³/mol. The molecule has 1 aromatic heterocycles. The number of fused-ring (bicyclic) bond motifs is 1. The summed E-state index contributed by atoms with van der Waals surface area (Å²) in [6, 6.07) is 3.47. The number of rotatable bonds is 1. The van der Waals surface area contributed by atoms with E-state index in [1.165, 1.54) is 7.11 Å². The first-order chi connectivity index (χ1) is 7.56. The van der Waals surface area contributed by atoms with Gasteiger partial charge in [0, 0.05) is 9.86 Å². The van der Waals surface area contributed by atoms with Crippen molar-refractivity contribution >= 4 is 50.2 Å². The predicted octanol–water partition coefficient (Wildman–Crippen LogP) is 2.95. The van der Waals surface area contributed by atoms with E-state index < -0.39 is 5.97 Å². The van der Waals surface area contributed by atoms with Gasteiger partial charge in [-0.2, -0.15) is 0 Å². The minimum Gasteiger partial charge on any atom is -0.465 e. The first-order valence-electron chi connectivity index (χ1n) is 4.39. The van der Waals surface area contributed by atoms with Crippen LogP contribution in [0.25, 0.3) is 10.9 Å². The van der Waals surface area contributed by atoms with Crippen LogP contribution in [0.4, 0.5) is 5.82 Å². The summed E-state index contributed by atoms with van der Waals surface area (Å²) in [5, 5.41) is 1.14. The Hall–Kier alpha value is -1.20. The molecular formula is C10H8BrClN2O2. The quantitative estimate of drug-likeness (QED) is 0.796. The van der Waals surface area contributed by atoms with Crippen LogP contribution >= 0.6 is 27.5 Å². The van der Waals surface area contributed by atoms with Crippen LogP contribution in [0, 0.1) is 0 Å². The first-order valence-corrected chi connectivity index (χ1v) is 5.56. The normalized spacial score (nSPS) is 10.7. The van der Waals surface area contributed by atoms with Crippen LogP contribution in [-0.4, -0.2) is 18.1 Å². The third-order valence-electron chi connectivity index (χ3n) is 2.27. The van der Waals surface area contributed by atoms with Gasteiger partial charge in [-0.25, -0.2) is 4.79 Å². The lowest BCUT2D eigenvalue weighted by Crippen LogP contribution is -2.03. The number of nitrogens with one attached hydrogen (secondary N) is 1. The molecule has 1 aromatic carbocycles. The van der Waals surface area contributed by atoms with Gasteiger partial charge in [0.1, 0.15) is 11.4 Å². The second-order valence-corrected chi connectivity index (χ2v) is 4.45. The number of benzene rings is 1. The molecule has 0 radical (unpaired) electrons. The summed E-state index contributed by atoms with van der Waals surface area (Å²) in [6.45, 7) is 0. The fourth-order valence-electron chi connectivity index (χ4n) is 1.56. The van der Waals surface area contributed by atoms with E-state index in [1.54, 1.807) is 12.1 Å². The number of esters is 1. The number of H-pyrrole nitrogens is 1. The number of nitrogen functional groups attached to an aromatic ring is 1. The van der Waals surface area contributed by atoms with E-state index in [4.69, 9.17) is 17.3 Å². The van der Waals surface area contributed by atoms with E-state index in [0.29, 0.717) is 21.5 Å². The van der Waals surface area contributed by atoms with Gasteiger partial charge in [0.15, 0.2) is 0 Å². The average molecular weight is 304 g/mol. The minimum atomic E-state index is -0.494. The number of methoxy groups -OCH3 is 1. The van der Waals surface area contributed by atoms with Gasteiger partial charge < -0.3 is 15.5 Å². The molecule has 0 aliphatic carbocycles. The van der Waals surface area contributed by atoms with E-state index in [-0.39, 0.29) is 5.82 Å². The van der Waals surface area contributed by atoms with Crippen LogP contribution in [-0.2, 0) is 4.74 Å². The highest BCUT2D eigenvalue weighted by Crippen LogP contribution is 2.35. The molecule has 0 aliphatic heterocycles. The molecule has 0 spiro atoms. The molecule has 4 nitrogen and oxygen atoms in total. The zero-order valence-electron chi connectivity index (χ0n) is 8.30. The van der Waals surface area contributed by atoms with E-state index in [1.807, 2.05) is 0 Å². The molecule has 0 unspecified atom stereocenters. The molecule has 2 rings (SSSR count). The van der Waals surface area contributed by atoms with Gasteiger partial charge in [-0.1, -0.05) is 27.5 Å². The highest BCUT2D eigenvalue weighted by atomic mass is 79.9. The summed E-state index contributed by atoms with van der Waals surface area (Å²) in [6.07, 6.45) is 0. The summed E-state index contributed by atoms with van der Waals surface area (Å²) >= 11 is 9.35. The zero-order chi connectivity index (χ0) is 11.9. The second-order valence-electron chi connectivity index (χ2n) is 3.18. The van der Waals surface area contributed by atoms with Gasteiger partial charge in [0.05, 0.1) is 17.6 Å². The van der Waals surface area contributed by atoms with Crippen molar-refractivity contribution in [3.8, 4) is 0 Å². The van der Waals surface area contributed by atoms with Crippen LogP contribution in [0.5, 0.6) is 0 Å². The largest absolute Gasteiger partial charge is 0.465 e. The van der Waals surface area contributed by atoms with Crippen LogP contribution in [0.2, 0.25) is 5.02 Å². The Morgan fingerprint density at radius 2 is 2.25 bits per heavy atom. The van der Waals surface area contributed by atoms with E-state index in [9.17, 15) is 4.79 Å². The molecule has 0 saturated heterocycles. The monoisotopic (exact) mass is 302 g/mol.